The summed E-state index contributed by atoms with van der Waals surface area (Å²) in [7, 11) is 0. The molecule has 2 aromatic carbocycles. The Balaban J connectivity index is 1.53. The Hall–Kier alpha value is -2.64. The van der Waals surface area contributed by atoms with E-state index in [1.54, 1.807) is 42.5 Å². The van der Waals surface area contributed by atoms with Gasteiger partial charge in [0.1, 0.15) is 0 Å². The zero-order valence-electron chi connectivity index (χ0n) is 13.5. The number of hydrogen-bond acceptors (Lipinski definition) is 5. The molecule has 132 valence electrons. The maximum absolute atomic E-state index is 12.4. The van der Waals surface area contributed by atoms with Crippen LogP contribution in [0, 0.1) is 0 Å². The van der Waals surface area contributed by atoms with Gasteiger partial charge in [0.2, 0.25) is 6.79 Å². The number of carbonyl (C=O) groups is 2. The van der Waals surface area contributed by atoms with Crippen LogP contribution in [-0.2, 0) is 15.2 Å². The monoisotopic (exact) mass is 415 g/mol. The maximum atomic E-state index is 12.4. The Bertz CT molecular complexity index is 955. The smallest absolute Gasteiger partial charge is 0.261 e. The van der Waals surface area contributed by atoms with Gasteiger partial charge in [-0.15, -0.1) is 0 Å². The normalized spacial score (nSPS) is 20.3. The van der Waals surface area contributed by atoms with Gasteiger partial charge in [-0.1, -0.05) is 28.1 Å². The van der Waals surface area contributed by atoms with Gasteiger partial charge in [0.15, 0.2) is 22.9 Å². The first-order valence-electron chi connectivity index (χ1n) is 7.90. The highest BCUT2D eigenvalue weighted by atomic mass is 79.9. The van der Waals surface area contributed by atoms with Crippen molar-refractivity contribution in [1.82, 2.24) is 0 Å². The largest absolute Gasteiger partial charge is 0.454 e. The second-order valence-corrected chi connectivity index (χ2v) is 7.01. The van der Waals surface area contributed by atoms with Gasteiger partial charge in [0.25, 0.3) is 5.91 Å². The summed E-state index contributed by atoms with van der Waals surface area (Å²) in [6, 6.07) is 10.4. The van der Waals surface area contributed by atoms with E-state index in [4.69, 9.17) is 9.47 Å². The molecule has 7 heteroatoms. The van der Waals surface area contributed by atoms with Crippen molar-refractivity contribution in [2.24, 2.45) is 0 Å². The maximum Gasteiger partial charge on any atom is 0.261 e. The lowest BCUT2D eigenvalue weighted by atomic mass is 9.90. The minimum Gasteiger partial charge on any atom is -0.454 e. The fourth-order valence-corrected chi connectivity index (χ4v) is 3.37. The summed E-state index contributed by atoms with van der Waals surface area (Å²) in [6.07, 6.45) is 2.62. The van der Waals surface area contributed by atoms with E-state index in [-0.39, 0.29) is 19.0 Å². The van der Waals surface area contributed by atoms with Crippen molar-refractivity contribution in [3.63, 3.8) is 0 Å². The molecule has 0 saturated carbocycles. The van der Waals surface area contributed by atoms with E-state index in [0.717, 1.165) is 10.0 Å². The van der Waals surface area contributed by atoms with Crippen LogP contribution >= 0.6 is 15.9 Å². The Labute approximate surface area is 157 Å². The average molecular weight is 416 g/mol. The highest BCUT2D eigenvalue weighted by Crippen LogP contribution is 2.40. The predicted octanol–water partition coefficient (Wildman–Crippen LogP) is 2.99. The molecule has 2 heterocycles. The van der Waals surface area contributed by atoms with Gasteiger partial charge in [0.05, 0.1) is 6.42 Å². The first kappa shape index (κ1) is 16.8. The van der Waals surface area contributed by atoms with Gasteiger partial charge in [-0.05, 0) is 42.0 Å². The molecule has 0 spiro atoms. The third-order valence-electron chi connectivity index (χ3n) is 4.34. The van der Waals surface area contributed by atoms with E-state index in [9.17, 15) is 14.7 Å². The number of aliphatic hydroxyl groups is 1. The van der Waals surface area contributed by atoms with Gasteiger partial charge in [-0.2, -0.15) is 0 Å². The molecule has 0 radical (unpaired) electrons. The molecule has 1 amide bonds. The molecule has 0 aromatic heterocycles. The SMILES string of the molecule is O=C(/C=C/c1ccc2c(c1)OCO2)C[C@]1(O)C(=O)Nc2ccc(Br)cc21. The second-order valence-electron chi connectivity index (χ2n) is 6.09. The number of carbonyl (C=O) groups excluding carboxylic acids is 2. The number of rotatable bonds is 4. The first-order valence-corrected chi connectivity index (χ1v) is 8.69. The molecule has 0 fully saturated rings. The molecule has 6 nitrogen and oxygen atoms in total. The Morgan fingerprint density at radius 2 is 2.04 bits per heavy atom. The fraction of sp³-hybridized carbons (Fsp3) is 0.158. The number of hydrogen-bond donors (Lipinski definition) is 2. The standard InChI is InChI=1S/C19H14BrNO5/c20-12-3-5-15-14(8-12)19(24,18(23)21-15)9-13(22)4-1-11-2-6-16-17(7-11)26-10-25-16/h1-8,24H,9-10H2,(H,21,23)/b4-1+/t19-/m1/s1. The topological polar surface area (TPSA) is 84.9 Å². The number of ether oxygens (including phenoxy) is 2. The Morgan fingerprint density at radius 1 is 1.23 bits per heavy atom. The molecule has 1 atom stereocenters. The Morgan fingerprint density at radius 3 is 2.88 bits per heavy atom. The van der Waals surface area contributed by atoms with Crippen molar-refractivity contribution in [2.75, 3.05) is 12.1 Å². The number of amides is 1. The lowest BCUT2D eigenvalue weighted by Crippen LogP contribution is -2.36. The van der Waals surface area contributed by atoms with Crippen molar-refractivity contribution in [3.8, 4) is 11.5 Å². The molecular weight excluding hydrogens is 402 g/mol. The van der Waals surface area contributed by atoms with Gasteiger partial charge in [0, 0.05) is 15.7 Å². The summed E-state index contributed by atoms with van der Waals surface area (Å²) in [5.74, 6) is 0.309. The van der Waals surface area contributed by atoms with E-state index in [1.807, 2.05) is 0 Å². The van der Waals surface area contributed by atoms with Crippen molar-refractivity contribution in [1.29, 1.82) is 0 Å². The van der Waals surface area contributed by atoms with Crippen LogP contribution in [0.15, 0.2) is 46.9 Å². The van der Waals surface area contributed by atoms with Crippen LogP contribution in [-0.4, -0.2) is 23.6 Å². The average Bonchev–Trinajstić information content (AvgIpc) is 3.17. The van der Waals surface area contributed by atoms with Crippen LogP contribution in [0.4, 0.5) is 5.69 Å². The van der Waals surface area contributed by atoms with Crippen LogP contribution in [0.5, 0.6) is 11.5 Å². The van der Waals surface area contributed by atoms with E-state index in [0.29, 0.717) is 22.7 Å². The molecule has 2 aliphatic heterocycles. The number of ketones is 1. The number of halogens is 1. The zero-order valence-corrected chi connectivity index (χ0v) is 15.1. The zero-order chi connectivity index (χ0) is 18.3. The van der Waals surface area contributed by atoms with E-state index >= 15 is 0 Å². The van der Waals surface area contributed by atoms with E-state index < -0.39 is 11.5 Å². The molecular formula is C19H14BrNO5. The van der Waals surface area contributed by atoms with Crippen LogP contribution in [0.25, 0.3) is 6.08 Å². The highest BCUT2D eigenvalue weighted by molar-refractivity contribution is 9.10. The number of anilines is 1. The number of fused-ring (bicyclic) bond motifs is 2. The van der Waals surface area contributed by atoms with Crippen molar-refractivity contribution >= 4 is 39.4 Å². The Kier molecular flexibility index (Phi) is 4.05. The first-order chi connectivity index (χ1) is 12.5. The minimum atomic E-state index is -1.88. The lowest BCUT2D eigenvalue weighted by Gasteiger charge is -2.19. The highest BCUT2D eigenvalue weighted by Gasteiger charge is 2.46. The van der Waals surface area contributed by atoms with E-state index in [2.05, 4.69) is 21.2 Å². The third-order valence-corrected chi connectivity index (χ3v) is 4.83. The second kappa shape index (κ2) is 6.26. The summed E-state index contributed by atoms with van der Waals surface area (Å²) >= 11 is 3.32. The van der Waals surface area contributed by atoms with Crippen LogP contribution in [0.3, 0.4) is 0 Å². The molecule has 4 rings (SSSR count). The van der Waals surface area contributed by atoms with Crippen LogP contribution in [0.1, 0.15) is 17.5 Å². The molecule has 2 aliphatic rings. The third kappa shape index (κ3) is 2.89. The molecule has 2 aromatic rings. The summed E-state index contributed by atoms with van der Waals surface area (Å²) in [4.78, 5) is 24.6. The predicted molar refractivity (Wildman–Crippen MR) is 97.9 cm³/mol. The molecule has 0 bridgehead atoms. The van der Waals surface area contributed by atoms with E-state index in [1.165, 1.54) is 6.08 Å². The number of nitrogens with one attached hydrogen (secondary N) is 1. The van der Waals surface area contributed by atoms with Gasteiger partial charge < -0.3 is 19.9 Å². The minimum absolute atomic E-state index is 0.179. The molecule has 0 unspecified atom stereocenters. The molecule has 26 heavy (non-hydrogen) atoms. The fourth-order valence-electron chi connectivity index (χ4n) is 3.01. The van der Waals surface area contributed by atoms with Crippen LogP contribution in [0.2, 0.25) is 0 Å². The van der Waals surface area contributed by atoms with Gasteiger partial charge in [-0.3, -0.25) is 9.59 Å². The molecule has 2 N–H and O–H groups in total. The molecule has 0 saturated heterocycles. The van der Waals surface area contributed by atoms with Gasteiger partial charge in [-0.25, -0.2) is 0 Å². The van der Waals surface area contributed by atoms with Crippen molar-refractivity contribution < 1.29 is 24.2 Å². The number of allylic oxidation sites excluding steroid dienone is 1. The lowest BCUT2D eigenvalue weighted by molar-refractivity contribution is -0.138. The molecule has 0 aliphatic carbocycles. The van der Waals surface area contributed by atoms with Gasteiger partial charge >= 0.3 is 0 Å². The quantitative estimate of drug-likeness (QED) is 0.749. The van der Waals surface area contributed by atoms with Crippen molar-refractivity contribution in [2.45, 2.75) is 12.0 Å². The summed E-state index contributed by atoms with van der Waals surface area (Å²) < 4.78 is 11.3. The summed E-state index contributed by atoms with van der Waals surface area (Å²) in [5, 5.41) is 13.4. The number of benzene rings is 2. The van der Waals surface area contributed by atoms with Crippen molar-refractivity contribution in [3.05, 3.63) is 58.1 Å². The van der Waals surface area contributed by atoms with Crippen LogP contribution < -0.4 is 14.8 Å². The summed E-state index contributed by atoms with van der Waals surface area (Å²) in [6.45, 7) is 0.179. The summed E-state index contributed by atoms with van der Waals surface area (Å²) in [5.41, 5.74) is -0.223.